The second-order valence-corrected chi connectivity index (χ2v) is 7.32. The Morgan fingerprint density at radius 1 is 1.25 bits per heavy atom. The van der Waals surface area contributed by atoms with E-state index in [1.165, 1.54) is 11.3 Å². The smallest absolute Gasteiger partial charge is 0.143 e. The summed E-state index contributed by atoms with van der Waals surface area (Å²) in [6.45, 7) is 0.559. The Kier molecular flexibility index (Phi) is 4.03. The SMILES string of the molecule is COC[C@]1(OC)CCc2[nH]c3ncnc(Nc4ccc5[nH]ncc5c4)c3c2C1. The van der Waals surface area contributed by atoms with Gasteiger partial charge >= 0.3 is 0 Å². The Balaban J connectivity index is 1.58. The van der Waals surface area contributed by atoms with Crippen LogP contribution in [0.4, 0.5) is 11.5 Å². The van der Waals surface area contributed by atoms with Crippen LogP contribution in [0.25, 0.3) is 21.9 Å². The first-order chi connectivity index (χ1) is 13.7. The van der Waals surface area contributed by atoms with E-state index in [-0.39, 0.29) is 5.60 Å². The molecule has 1 aromatic carbocycles. The van der Waals surface area contributed by atoms with Crippen molar-refractivity contribution in [1.29, 1.82) is 0 Å². The lowest BCUT2D eigenvalue weighted by Gasteiger charge is -2.35. The summed E-state index contributed by atoms with van der Waals surface area (Å²) in [4.78, 5) is 12.5. The fourth-order valence-corrected chi connectivity index (χ4v) is 4.18. The maximum Gasteiger partial charge on any atom is 0.143 e. The predicted molar refractivity (Wildman–Crippen MR) is 107 cm³/mol. The molecule has 8 heteroatoms. The molecule has 3 N–H and O–H groups in total. The van der Waals surface area contributed by atoms with Crippen molar-refractivity contribution in [3.63, 3.8) is 0 Å². The molecule has 0 saturated carbocycles. The molecule has 4 aromatic rings. The number of H-pyrrole nitrogens is 2. The van der Waals surface area contributed by atoms with Crippen LogP contribution in [0.1, 0.15) is 17.7 Å². The lowest BCUT2D eigenvalue weighted by atomic mass is 9.83. The molecule has 0 unspecified atom stereocenters. The van der Waals surface area contributed by atoms with Crippen LogP contribution in [0, 0.1) is 0 Å². The number of hydrogen-bond donors (Lipinski definition) is 3. The van der Waals surface area contributed by atoms with E-state index in [1.807, 2.05) is 18.3 Å². The zero-order valence-corrected chi connectivity index (χ0v) is 15.9. The van der Waals surface area contributed by atoms with E-state index in [9.17, 15) is 0 Å². The summed E-state index contributed by atoms with van der Waals surface area (Å²) in [5, 5.41) is 12.6. The number of hydrogen-bond acceptors (Lipinski definition) is 6. The van der Waals surface area contributed by atoms with E-state index >= 15 is 0 Å². The van der Waals surface area contributed by atoms with Crippen LogP contribution >= 0.6 is 0 Å². The van der Waals surface area contributed by atoms with Gasteiger partial charge in [-0.1, -0.05) is 0 Å². The monoisotopic (exact) mass is 378 g/mol. The summed E-state index contributed by atoms with van der Waals surface area (Å²) in [5.41, 5.74) is 4.88. The molecule has 5 rings (SSSR count). The van der Waals surface area contributed by atoms with Crippen molar-refractivity contribution in [1.82, 2.24) is 25.1 Å². The number of aromatic amines is 2. The van der Waals surface area contributed by atoms with Gasteiger partial charge in [0.2, 0.25) is 0 Å². The number of aromatic nitrogens is 5. The van der Waals surface area contributed by atoms with E-state index in [1.54, 1.807) is 20.5 Å². The van der Waals surface area contributed by atoms with Crippen molar-refractivity contribution in [3.8, 4) is 0 Å². The van der Waals surface area contributed by atoms with Crippen molar-refractivity contribution in [2.75, 3.05) is 26.1 Å². The molecule has 28 heavy (non-hydrogen) atoms. The molecule has 1 atom stereocenters. The maximum absolute atomic E-state index is 5.88. The van der Waals surface area contributed by atoms with E-state index in [4.69, 9.17) is 9.47 Å². The van der Waals surface area contributed by atoms with Crippen molar-refractivity contribution in [2.24, 2.45) is 0 Å². The highest BCUT2D eigenvalue weighted by molar-refractivity contribution is 5.94. The maximum atomic E-state index is 5.88. The Morgan fingerprint density at radius 2 is 2.18 bits per heavy atom. The molecule has 1 aliphatic rings. The Hall–Kier alpha value is -2.97. The Bertz CT molecular complexity index is 1150. The van der Waals surface area contributed by atoms with Gasteiger partial charge in [-0.15, -0.1) is 0 Å². The fraction of sp³-hybridized carbons (Fsp3) is 0.350. The summed E-state index contributed by atoms with van der Waals surface area (Å²) in [6, 6.07) is 6.07. The number of anilines is 2. The van der Waals surface area contributed by atoms with Crippen LogP contribution in [0.15, 0.2) is 30.7 Å². The van der Waals surface area contributed by atoms with Crippen LogP contribution in [0.3, 0.4) is 0 Å². The van der Waals surface area contributed by atoms with Gasteiger partial charge in [-0.25, -0.2) is 9.97 Å². The quantitative estimate of drug-likeness (QED) is 0.493. The van der Waals surface area contributed by atoms with Crippen molar-refractivity contribution in [3.05, 3.63) is 42.0 Å². The second-order valence-electron chi connectivity index (χ2n) is 7.32. The highest BCUT2D eigenvalue weighted by atomic mass is 16.5. The van der Waals surface area contributed by atoms with Gasteiger partial charge in [-0.05, 0) is 36.6 Å². The lowest BCUT2D eigenvalue weighted by Crippen LogP contribution is -2.42. The van der Waals surface area contributed by atoms with Gasteiger partial charge in [-0.2, -0.15) is 5.10 Å². The summed E-state index contributed by atoms with van der Waals surface area (Å²) in [6.07, 6.45) is 5.96. The highest BCUT2D eigenvalue weighted by Crippen LogP contribution is 2.38. The first-order valence-corrected chi connectivity index (χ1v) is 9.30. The lowest BCUT2D eigenvalue weighted by molar-refractivity contribution is -0.0721. The molecule has 8 nitrogen and oxygen atoms in total. The average molecular weight is 378 g/mol. The van der Waals surface area contributed by atoms with Gasteiger partial charge in [0, 0.05) is 37.4 Å². The van der Waals surface area contributed by atoms with Gasteiger partial charge in [0.05, 0.1) is 29.3 Å². The normalized spacial score (nSPS) is 19.2. The summed E-state index contributed by atoms with van der Waals surface area (Å²) in [5.74, 6) is 0.787. The third-order valence-corrected chi connectivity index (χ3v) is 5.66. The summed E-state index contributed by atoms with van der Waals surface area (Å²) >= 11 is 0. The second kappa shape index (κ2) is 6.57. The zero-order chi connectivity index (χ0) is 19.1. The minimum atomic E-state index is -0.320. The van der Waals surface area contributed by atoms with Crippen molar-refractivity contribution >= 4 is 33.4 Å². The highest BCUT2D eigenvalue weighted by Gasteiger charge is 2.37. The van der Waals surface area contributed by atoms with E-state index in [0.29, 0.717) is 6.61 Å². The van der Waals surface area contributed by atoms with E-state index < -0.39 is 0 Å². The van der Waals surface area contributed by atoms with E-state index in [2.05, 4.69) is 36.5 Å². The van der Waals surface area contributed by atoms with Gasteiger partial charge in [-0.3, -0.25) is 5.10 Å². The fourth-order valence-electron chi connectivity index (χ4n) is 4.18. The molecule has 0 amide bonds. The number of benzene rings is 1. The topological polar surface area (TPSA) is 101 Å². The van der Waals surface area contributed by atoms with Crippen LogP contribution in [-0.4, -0.2) is 51.6 Å². The van der Waals surface area contributed by atoms with Gasteiger partial charge in [0.15, 0.2) is 0 Å². The summed E-state index contributed by atoms with van der Waals surface area (Å²) in [7, 11) is 3.47. The third kappa shape index (κ3) is 2.73. The van der Waals surface area contributed by atoms with Crippen molar-refractivity contribution in [2.45, 2.75) is 24.9 Å². The largest absolute Gasteiger partial charge is 0.382 e. The van der Waals surface area contributed by atoms with Crippen molar-refractivity contribution < 1.29 is 9.47 Å². The molecule has 0 spiro atoms. The molecular formula is C20H22N6O2. The zero-order valence-electron chi connectivity index (χ0n) is 15.9. The van der Waals surface area contributed by atoms with Crippen LogP contribution in [-0.2, 0) is 22.3 Å². The first kappa shape index (κ1) is 17.2. The molecule has 3 aromatic heterocycles. The number of rotatable bonds is 5. The van der Waals surface area contributed by atoms with Crippen LogP contribution in [0.2, 0.25) is 0 Å². The molecule has 0 aliphatic heterocycles. The third-order valence-electron chi connectivity index (χ3n) is 5.66. The number of nitrogens with one attached hydrogen (secondary N) is 3. The molecule has 144 valence electrons. The molecule has 3 heterocycles. The number of nitrogens with zero attached hydrogens (tertiary/aromatic N) is 3. The molecule has 0 saturated heterocycles. The number of methoxy groups -OCH3 is 2. The first-order valence-electron chi connectivity index (χ1n) is 9.30. The summed E-state index contributed by atoms with van der Waals surface area (Å²) < 4.78 is 11.3. The molecule has 0 radical (unpaired) electrons. The number of aryl methyl sites for hydroxylation is 1. The average Bonchev–Trinajstić information content (AvgIpc) is 3.32. The molecular weight excluding hydrogens is 356 g/mol. The Labute approximate surface area is 161 Å². The van der Waals surface area contributed by atoms with Gasteiger partial charge in [0.1, 0.15) is 17.8 Å². The van der Waals surface area contributed by atoms with Gasteiger partial charge in [0.25, 0.3) is 0 Å². The molecule has 0 fully saturated rings. The predicted octanol–water partition coefficient (Wildman–Crippen LogP) is 3.10. The molecule has 0 bridgehead atoms. The molecule has 1 aliphatic carbocycles. The standard InChI is InChI=1S/C20H22N6O2/c1-27-10-20(28-2)6-5-16-14(8-20)17-18(21-11-22-19(17)25-16)24-13-3-4-15-12(7-13)9-23-26-15/h3-4,7,9,11H,5-6,8,10H2,1-2H3,(H,23,26)(H2,21,22,24,25)/t20-/m0/s1. The van der Waals surface area contributed by atoms with Gasteiger partial charge < -0.3 is 19.8 Å². The minimum absolute atomic E-state index is 0.320. The van der Waals surface area contributed by atoms with E-state index in [0.717, 1.165) is 52.7 Å². The number of fused-ring (bicyclic) bond motifs is 4. The van der Waals surface area contributed by atoms with Crippen LogP contribution < -0.4 is 5.32 Å². The van der Waals surface area contributed by atoms with Crippen LogP contribution in [0.5, 0.6) is 0 Å². The Morgan fingerprint density at radius 3 is 3.04 bits per heavy atom. The number of ether oxygens (including phenoxy) is 2. The minimum Gasteiger partial charge on any atom is -0.382 e.